The van der Waals surface area contributed by atoms with Gasteiger partial charge in [0.15, 0.2) is 11.5 Å². The normalized spacial score (nSPS) is 11.9. The summed E-state index contributed by atoms with van der Waals surface area (Å²) in [5.74, 6) is 1.37. The molecule has 0 spiro atoms. The number of hydrogen-bond acceptors (Lipinski definition) is 5. The second-order valence-electron chi connectivity index (χ2n) is 6.68. The molecule has 1 heterocycles. The van der Waals surface area contributed by atoms with Crippen molar-refractivity contribution in [2.24, 2.45) is 7.05 Å². The first-order valence-electron chi connectivity index (χ1n) is 9.48. The topological polar surface area (TPSA) is 74.6 Å². The van der Waals surface area contributed by atoms with E-state index in [4.69, 9.17) is 14.2 Å². The predicted octanol–water partition coefficient (Wildman–Crippen LogP) is 3.50. The third-order valence-electron chi connectivity index (χ3n) is 4.72. The first kappa shape index (κ1) is 21.9. The monoisotopic (exact) mass is 425 g/mol. The van der Waals surface area contributed by atoms with Crippen molar-refractivity contribution in [3.8, 4) is 17.2 Å². The summed E-state index contributed by atoms with van der Waals surface area (Å²) in [6.07, 6.45) is 6.47. The summed E-state index contributed by atoms with van der Waals surface area (Å²) >= 11 is 0. The van der Waals surface area contributed by atoms with Crippen molar-refractivity contribution in [1.82, 2.24) is 14.9 Å². The molecule has 0 bridgehead atoms. The Balaban J connectivity index is 1.85. The summed E-state index contributed by atoms with van der Waals surface area (Å²) in [6, 6.07) is 8.88. The zero-order chi connectivity index (χ0) is 22.4. The zero-order valence-electron chi connectivity index (χ0n) is 17.8. The van der Waals surface area contributed by atoms with Gasteiger partial charge in [0.05, 0.1) is 21.3 Å². The molecule has 0 fully saturated rings. The van der Waals surface area contributed by atoms with E-state index in [1.807, 2.05) is 7.05 Å². The van der Waals surface area contributed by atoms with E-state index < -0.39 is 6.04 Å². The van der Waals surface area contributed by atoms with Gasteiger partial charge in [0.25, 0.3) is 0 Å². The van der Waals surface area contributed by atoms with Gasteiger partial charge in [-0.05, 0) is 41.5 Å². The van der Waals surface area contributed by atoms with Gasteiger partial charge in [0, 0.05) is 25.5 Å². The van der Waals surface area contributed by atoms with E-state index in [1.165, 1.54) is 39.5 Å². The first-order chi connectivity index (χ1) is 15.0. The Hall–Kier alpha value is -3.81. The van der Waals surface area contributed by atoms with Crippen LogP contribution in [0.25, 0.3) is 6.08 Å². The molecule has 1 N–H and O–H groups in total. The molecule has 1 unspecified atom stereocenters. The summed E-state index contributed by atoms with van der Waals surface area (Å²) in [4.78, 5) is 17.0. The van der Waals surface area contributed by atoms with Crippen molar-refractivity contribution in [3.63, 3.8) is 0 Å². The lowest BCUT2D eigenvalue weighted by atomic mass is 10.1. The molecule has 2 aromatic carbocycles. The van der Waals surface area contributed by atoms with Crippen molar-refractivity contribution < 1.29 is 23.4 Å². The molecule has 0 aliphatic rings. The van der Waals surface area contributed by atoms with Crippen molar-refractivity contribution in [2.75, 3.05) is 21.3 Å². The Morgan fingerprint density at radius 1 is 1.10 bits per heavy atom. The molecular weight excluding hydrogens is 401 g/mol. The zero-order valence-corrected chi connectivity index (χ0v) is 17.8. The van der Waals surface area contributed by atoms with Crippen molar-refractivity contribution in [1.29, 1.82) is 0 Å². The van der Waals surface area contributed by atoms with Crippen molar-refractivity contribution in [2.45, 2.75) is 6.04 Å². The first-order valence-corrected chi connectivity index (χ1v) is 9.48. The highest BCUT2D eigenvalue weighted by Crippen LogP contribution is 2.38. The number of hydrogen-bond donors (Lipinski definition) is 1. The molecular formula is C23H24FN3O4. The number of amides is 1. The number of carbonyl (C=O) groups excluding carboxylic acids is 1. The third kappa shape index (κ3) is 5.03. The maximum absolute atomic E-state index is 13.4. The number of nitrogens with one attached hydrogen (secondary N) is 1. The molecule has 0 saturated carbocycles. The Morgan fingerprint density at radius 2 is 1.74 bits per heavy atom. The van der Waals surface area contributed by atoms with Gasteiger partial charge in [-0.1, -0.05) is 12.1 Å². The molecule has 1 amide bonds. The lowest BCUT2D eigenvalue weighted by Crippen LogP contribution is -2.29. The third-order valence-corrected chi connectivity index (χ3v) is 4.72. The maximum Gasteiger partial charge on any atom is 0.244 e. The highest BCUT2D eigenvalue weighted by molar-refractivity contribution is 5.92. The number of methoxy groups -OCH3 is 3. The molecule has 31 heavy (non-hydrogen) atoms. The number of rotatable bonds is 8. The number of imidazole rings is 1. The fourth-order valence-corrected chi connectivity index (χ4v) is 3.17. The molecule has 3 aromatic rings. The quantitative estimate of drug-likeness (QED) is 0.559. The van der Waals surface area contributed by atoms with Gasteiger partial charge in [0.1, 0.15) is 17.7 Å². The lowest BCUT2D eigenvalue weighted by molar-refractivity contribution is -0.117. The van der Waals surface area contributed by atoms with Gasteiger partial charge in [-0.3, -0.25) is 4.79 Å². The van der Waals surface area contributed by atoms with Crippen LogP contribution in [0.5, 0.6) is 17.2 Å². The number of nitrogens with zero attached hydrogens (tertiary/aromatic N) is 2. The Kier molecular flexibility index (Phi) is 6.92. The summed E-state index contributed by atoms with van der Waals surface area (Å²) in [5.41, 5.74) is 1.41. The molecule has 3 rings (SSSR count). The summed E-state index contributed by atoms with van der Waals surface area (Å²) in [5, 5.41) is 2.93. The molecule has 0 saturated heterocycles. The minimum atomic E-state index is -0.544. The minimum Gasteiger partial charge on any atom is -0.493 e. The Labute approximate surface area is 180 Å². The second kappa shape index (κ2) is 9.80. The molecule has 8 heteroatoms. The smallest absolute Gasteiger partial charge is 0.244 e. The Bertz CT molecular complexity index is 1050. The van der Waals surface area contributed by atoms with E-state index in [-0.39, 0.29) is 11.7 Å². The summed E-state index contributed by atoms with van der Waals surface area (Å²) < 4.78 is 31.2. The average molecular weight is 425 g/mol. The predicted molar refractivity (Wildman–Crippen MR) is 115 cm³/mol. The highest BCUT2D eigenvalue weighted by Gasteiger charge is 2.20. The van der Waals surface area contributed by atoms with Crippen LogP contribution in [0.3, 0.4) is 0 Å². The Morgan fingerprint density at radius 3 is 2.26 bits per heavy atom. The highest BCUT2D eigenvalue weighted by atomic mass is 19.1. The second-order valence-corrected chi connectivity index (χ2v) is 6.68. The molecule has 162 valence electrons. The van der Waals surface area contributed by atoms with Crippen LogP contribution in [-0.2, 0) is 11.8 Å². The van der Waals surface area contributed by atoms with E-state index in [0.29, 0.717) is 34.2 Å². The van der Waals surface area contributed by atoms with Crippen LogP contribution in [0.15, 0.2) is 54.9 Å². The number of ether oxygens (including phenoxy) is 3. The van der Waals surface area contributed by atoms with Gasteiger partial charge in [-0.15, -0.1) is 0 Å². The van der Waals surface area contributed by atoms with Crippen LogP contribution in [0, 0.1) is 5.82 Å². The van der Waals surface area contributed by atoms with Gasteiger partial charge in [-0.25, -0.2) is 9.37 Å². The van der Waals surface area contributed by atoms with Crippen molar-refractivity contribution >= 4 is 12.0 Å². The van der Waals surface area contributed by atoms with Crippen LogP contribution in [0.4, 0.5) is 4.39 Å². The van der Waals surface area contributed by atoms with Gasteiger partial charge >= 0.3 is 0 Å². The standard InChI is InChI=1S/C23H24FN3O4/c1-27-12-11-25-23(27)21(16-6-8-17(24)9-7-16)26-20(28)10-5-15-13-18(29-2)22(31-4)19(14-15)30-3/h5-14,21H,1-4H3,(H,26,28)/b10-5+. The van der Waals surface area contributed by atoms with E-state index in [1.54, 1.807) is 47.3 Å². The fourth-order valence-electron chi connectivity index (χ4n) is 3.17. The fraction of sp³-hybridized carbons (Fsp3) is 0.217. The maximum atomic E-state index is 13.4. The number of aryl methyl sites for hydroxylation is 1. The molecule has 1 aromatic heterocycles. The van der Waals surface area contributed by atoms with Crippen LogP contribution in [0.1, 0.15) is 23.0 Å². The van der Waals surface area contributed by atoms with E-state index in [2.05, 4.69) is 10.3 Å². The lowest BCUT2D eigenvalue weighted by Gasteiger charge is -2.18. The van der Waals surface area contributed by atoms with Crippen LogP contribution in [0.2, 0.25) is 0 Å². The van der Waals surface area contributed by atoms with Gasteiger partial charge in [0.2, 0.25) is 11.7 Å². The number of carbonyl (C=O) groups is 1. The molecule has 1 atom stereocenters. The summed E-state index contributed by atoms with van der Waals surface area (Å²) in [7, 11) is 6.41. The van der Waals surface area contributed by atoms with Gasteiger partial charge in [-0.2, -0.15) is 0 Å². The average Bonchev–Trinajstić information content (AvgIpc) is 3.21. The van der Waals surface area contributed by atoms with E-state index in [0.717, 1.165) is 0 Å². The van der Waals surface area contributed by atoms with Crippen LogP contribution >= 0.6 is 0 Å². The van der Waals surface area contributed by atoms with Crippen LogP contribution in [-0.4, -0.2) is 36.8 Å². The minimum absolute atomic E-state index is 0.342. The molecule has 7 nitrogen and oxygen atoms in total. The van der Waals surface area contributed by atoms with E-state index in [9.17, 15) is 9.18 Å². The molecule has 0 aliphatic heterocycles. The largest absolute Gasteiger partial charge is 0.493 e. The van der Waals surface area contributed by atoms with Crippen LogP contribution < -0.4 is 19.5 Å². The van der Waals surface area contributed by atoms with Crippen molar-refractivity contribution in [3.05, 3.63) is 77.6 Å². The van der Waals surface area contributed by atoms with Gasteiger partial charge < -0.3 is 24.1 Å². The summed E-state index contributed by atoms with van der Waals surface area (Å²) in [6.45, 7) is 0. The number of halogens is 1. The SMILES string of the molecule is COc1cc(/C=C/C(=O)NC(c2ccc(F)cc2)c2nccn2C)cc(OC)c1OC. The number of aromatic nitrogens is 2. The molecule has 0 radical (unpaired) electrons. The molecule has 0 aliphatic carbocycles. The number of benzene rings is 2. The van der Waals surface area contributed by atoms with E-state index >= 15 is 0 Å².